The number of aromatic nitrogens is 3. The lowest BCUT2D eigenvalue weighted by molar-refractivity contribution is 0.182. The van der Waals surface area contributed by atoms with Gasteiger partial charge < -0.3 is 4.74 Å². The Bertz CT molecular complexity index is 197. The summed E-state index contributed by atoms with van der Waals surface area (Å²) >= 11 is 0. The molecule has 0 spiro atoms. The lowest BCUT2D eigenvalue weighted by atomic mass is 10.5. The minimum atomic E-state index is 0.665. The highest BCUT2D eigenvalue weighted by Crippen LogP contribution is 1.90. The summed E-state index contributed by atoms with van der Waals surface area (Å²) in [6.07, 6.45) is 2.72. The second kappa shape index (κ2) is 3.31. The van der Waals surface area contributed by atoms with E-state index >= 15 is 0 Å². The zero-order valence-electron chi connectivity index (χ0n) is 6.16. The van der Waals surface area contributed by atoms with Crippen molar-refractivity contribution in [2.45, 2.75) is 13.5 Å². The fourth-order valence-electron chi connectivity index (χ4n) is 0.664. The Labute approximate surface area is 59.8 Å². The van der Waals surface area contributed by atoms with Gasteiger partial charge >= 0.3 is 0 Å². The van der Waals surface area contributed by atoms with E-state index in [1.54, 1.807) is 11.8 Å². The van der Waals surface area contributed by atoms with Gasteiger partial charge in [-0.05, 0) is 6.92 Å². The molecule has 0 aliphatic carbocycles. The van der Waals surface area contributed by atoms with E-state index in [-0.39, 0.29) is 0 Å². The first-order valence-corrected chi connectivity index (χ1v) is 3.11. The van der Waals surface area contributed by atoms with Gasteiger partial charge in [0, 0.05) is 7.11 Å². The predicted molar refractivity (Wildman–Crippen MR) is 35.5 cm³/mol. The van der Waals surface area contributed by atoms with E-state index in [0.717, 1.165) is 12.2 Å². The van der Waals surface area contributed by atoms with Crippen LogP contribution in [0.1, 0.15) is 5.69 Å². The van der Waals surface area contributed by atoms with Crippen LogP contribution in [0.2, 0.25) is 0 Å². The van der Waals surface area contributed by atoms with Gasteiger partial charge in [0.25, 0.3) is 0 Å². The summed E-state index contributed by atoms with van der Waals surface area (Å²) in [5.41, 5.74) is 0.942. The molecule has 0 aliphatic rings. The molecule has 0 saturated carbocycles. The summed E-state index contributed by atoms with van der Waals surface area (Å²) in [6, 6.07) is 0. The molecule has 1 aromatic heterocycles. The van der Waals surface area contributed by atoms with Gasteiger partial charge in [-0.25, -0.2) is 4.68 Å². The second-order valence-corrected chi connectivity index (χ2v) is 2.00. The van der Waals surface area contributed by atoms with Crippen LogP contribution in [0.5, 0.6) is 0 Å². The van der Waals surface area contributed by atoms with Gasteiger partial charge in [-0.1, -0.05) is 5.21 Å². The van der Waals surface area contributed by atoms with E-state index in [1.165, 1.54) is 0 Å². The third kappa shape index (κ3) is 1.54. The number of nitrogens with zero attached hydrogens (tertiary/aromatic N) is 3. The van der Waals surface area contributed by atoms with Crippen LogP contribution in [0.15, 0.2) is 0 Å². The van der Waals surface area contributed by atoms with Crippen molar-refractivity contribution in [3.05, 3.63) is 11.9 Å². The van der Waals surface area contributed by atoms with Crippen LogP contribution in [-0.2, 0) is 11.3 Å². The third-order valence-electron chi connectivity index (χ3n) is 1.26. The maximum atomic E-state index is 4.87. The van der Waals surface area contributed by atoms with Crippen LogP contribution in [0.3, 0.4) is 0 Å². The standard InChI is InChI=1S/C6H10N3O/c1-6-5-7-8-9(6)3-4-10-2/h3-4H2,1-2H3. The summed E-state index contributed by atoms with van der Waals surface area (Å²) in [4.78, 5) is 0. The Hall–Kier alpha value is -0.900. The second-order valence-electron chi connectivity index (χ2n) is 2.00. The Kier molecular flexibility index (Phi) is 2.39. The van der Waals surface area contributed by atoms with E-state index in [2.05, 4.69) is 16.5 Å². The van der Waals surface area contributed by atoms with Crippen LogP contribution in [0.4, 0.5) is 0 Å². The topological polar surface area (TPSA) is 39.9 Å². The van der Waals surface area contributed by atoms with Crippen LogP contribution in [0.25, 0.3) is 0 Å². The average Bonchev–Trinajstić information content (AvgIpc) is 2.31. The van der Waals surface area contributed by atoms with Crippen molar-refractivity contribution in [3.8, 4) is 0 Å². The number of rotatable bonds is 3. The SMILES string of the molecule is COCCn1nn[c]c1C. The molecule has 55 valence electrons. The number of aryl methyl sites for hydroxylation is 1. The molecule has 4 heteroatoms. The summed E-state index contributed by atoms with van der Waals surface area (Å²) in [7, 11) is 1.66. The molecule has 0 unspecified atom stereocenters. The zero-order chi connectivity index (χ0) is 7.40. The zero-order valence-corrected chi connectivity index (χ0v) is 6.16. The molecule has 4 nitrogen and oxygen atoms in total. The third-order valence-corrected chi connectivity index (χ3v) is 1.26. The first kappa shape index (κ1) is 7.21. The van der Waals surface area contributed by atoms with Gasteiger partial charge in [0.15, 0.2) is 0 Å². The summed E-state index contributed by atoms with van der Waals surface area (Å²) in [5.74, 6) is 0. The minimum absolute atomic E-state index is 0.665. The van der Waals surface area contributed by atoms with E-state index < -0.39 is 0 Å². The van der Waals surface area contributed by atoms with Gasteiger partial charge in [0.2, 0.25) is 0 Å². The first-order valence-electron chi connectivity index (χ1n) is 3.11. The van der Waals surface area contributed by atoms with Crippen LogP contribution in [-0.4, -0.2) is 28.7 Å². The smallest absolute Gasteiger partial charge is 0.138 e. The van der Waals surface area contributed by atoms with Gasteiger partial charge in [-0.2, -0.15) is 0 Å². The largest absolute Gasteiger partial charge is 0.383 e. The highest BCUT2D eigenvalue weighted by atomic mass is 16.5. The molecule has 10 heavy (non-hydrogen) atoms. The molecule has 0 atom stereocenters. The molecule has 0 aromatic carbocycles. The van der Waals surface area contributed by atoms with Gasteiger partial charge in [-0.15, -0.1) is 5.10 Å². The van der Waals surface area contributed by atoms with Gasteiger partial charge in [-0.3, -0.25) is 0 Å². The van der Waals surface area contributed by atoms with Crippen molar-refractivity contribution in [2.24, 2.45) is 0 Å². The van der Waals surface area contributed by atoms with E-state index in [9.17, 15) is 0 Å². The van der Waals surface area contributed by atoms with E-state index in [1.807, 2.05) is 6.92 Å². The normalized spacial score (nSPS) is 10.2. The molecule has 1 rings (SSSR count). The summed E-state index contributed by atoms with van der Waals surface area (Å²) in [6.45, 7) is 3.33. The highest BCUT2D eigenvalue weighted by Gasteiger charge is 1.95. The van der Waals surface area contributed by atoms with Crippen molar-refractivity contribution in [3.63, 3.8) is 0 Å². The number of hydrogen-bond donors (Lipinski definition) is 0. The molecule has 0 bridgehead atoms. The van der Waals surface area contributed by atoms with E-state index in [0.29, 0.717) is 6.61 Å². The highest BCUT2D eigenvalue weighted by molar-refractivity contribution is 4.85. The Morgan fingerprint density at radius 3 is 3.00 bits per heavy atom. The van der Waals surface area contributed by atoms with Crippen molar-refractivity contribution < 1.29 is 4.74 Å². The van der Waals surface area contributed by atoms with Gasteiger partial charge in [0.1, 0.15) is 6.20 Å². The Morgan fingerprint density at radius 2 is 2.50 bits per heavy atom. The van der Waals surface area contributed by atoms with Crippen molar-refractivity contribution >= 4 is 0 Å². The summed E-state index contributed by atoms with van der Waals surface area (Å²) in [5, 5.41) is 7.39. The lowest BCUT2D eigenvalue weighted by Crippen LogP contribution is -2.07. The molecule has 0 saturated heterocycles. The van der Waals surface area contributed by atoms with Crippen LogP contribution in [0, 0.1) is 13.1 Å². The first-order chi connectivity index (χ1) is 4.84. The van der Waals surface area contributed by atoms with Crippen molar-refractivity contribution in [1.29, 1.82) is 0 Å². The van der Waals surface area contributed by atoms with E-state index in [4.69, 9.17) is 4.74 Å². The van der Waals surface area contributed by atoms with Crippen molar-refractivity contribution in [2.75, 3.05) is 13.7 Å². The molecule has 1 heterocycles. The monoisotopic (exact) mass is 140 g/mol. The molecule has 0 amide bonds. The van der Waals surface area contributed by atoms with Crippen LogP contribution >= 0.6 is 0 Å². The average molecular weight is 140 g/mol. The molecule has 0 aliphatic heterocycles. The van der Waals surface area contributed by atoms with Crippen molar-refractivity contribution in [1.82, 2.24) is 15.0 Å². The molecule has 1 radical (unpaired) electrons. The Morgan fingerprint density at radius 1 is 1.70 bits per heavy atom. The lowest BCUT2D eigenvalue weighted by Gasteiger charge is -1.99. The fourth-order valence-corrected chi connectivity index (χ4v) is 0.664. The Balaban J connectivity index is 2.49. The number of methoxy groups -OCH3 is 1. The predicted octanol–water partition coefficient (Wildman–Crippen LogP) is 0.0331. The van der Waals surface area contributed by atoms with Gasteiger partial charge in [0.05, 0.1) is 18.8 Å². The number of hydrogen-bond acceptors (Lipinski definition) is 3. The maximum absolute atomic E-state index is 4.87. The molecule has 0 N–H and O–H groups in total. The molecular formula is C6H10N3O. The number of ether oxygens (including phenoxy) is 1. The summed E-state index contributed by atoms with van der Waals surface area (Å²) < 4.78 is 6.62. The quantitative estimate of drug-likeness (QED) is 0.594. The molecular weight excluding hydrogens is 130 g/mol. The molecule has 1 aromatic rings. The minimum Gasteiger partial charge on any atom is -0.383 e. The fraction of sp³-hybridized carbons (Fsp3) is 0.667. The molecule has 0 fully saturated rings. The maximum Gasteiger partial charge on any atom is 0.138 e. The van der Waals surface area contributed by atoms with Crippen LogP contribution < -0.4 is 0 Å².